The summed E-state index contributed by atoms with van der Waals surface area (Å²) in [4.78, 5) is 0. The summed E-state index contributed by atoms with van der Waals surface area (Å²) in [6.45, 7) is 0. The van der Waals surface area contributed by atoms with Crippen molar-refractivity contribution in [1.82, 2.24) is 0 Å². The van der Waals surface area contributed by atoms with Crippen molar-refractivity contribution in [2.45, 2.75) is 42.5 Å². The first-order valence-corrected chi connectivity index (χ1v) is 8.26. The number of halogens is 18. The summed E-state index contributed by atoms with van der Waals surface area (Å²) in [7, 11) is 0. The number of alkyl halides is 18. The molecule has 0 fully saturated rings. The van der Waals surface area contributed by atoms with Crippen molar-refractivity contribution < 1.29 is 43.9 Å². The summed E-state index contributed by atoms with van der Waals surface area (Å²) in [5.74, 6) is 0. The predicted octanol–water partition coefficient (Wildman–Crippen LogP) is 8.32. The molecule has 0 aliphatic rings. The second kappa shape index (κ2) is 9.18. The maximum atomic E-state index is 12.7. The van der Waals surface area contributed by atoms with Gasteiger partial charge in [0.25, 0.3) is 0 Å². The van der Waals surface area contributed by atoms with Crippen molar-refractivity contribution in [1.29, 1.82) is 0 Å². The SMILES string of the molecule is FC(F)(Cl)C(Cl)C(Cl)C(F)(F)Cl.FC(F)(Cl)C(F)(Cl)C(F)(Cl)C(F)(F)Cl. The molecule has 0 aliphatic heterocycles. The third-order valence-electron chi connectivity index (χ3n) is 1.99. The van der Waals surface area contributed by atoms with Crippen LogP contribution in [0, 0.1) is 0 Å². The van der Waals surface area contributed by atoms with E-state index in [2.05, 4.69) is 69.6 Å². The van der Waals surface area contributed by atoms with Crippen LogP contribution in [0.4, 0.5) is 43.9 Å². The van der Waals surface area contributed by atoms with Crippen LogP contribution < -0.4 is 0 Å². The Labute approximate surface area is 178 Å². The third kappa shape index (κ3) is 7.80. The van der Waals surface area contributed by atoms with E-state index in [1.807, 2.05) is 0 Å². The molecule has 0 radical (unpaired) electrons. The van der Waals surface area contributed by atoms with E-state index in [0.717, 1.165) is 0 Å². The van der Waals surface area contributed by atoms with Crippen LogP contribution in [0.15, 0.2) is 0 Å². The summed E-state index contributed by atoms with van der Waals surface area (Å²) >= 11 is 34.6. The highest BCUT2D eigenvalue weighted by Crippen LogP contribution is 2.57. The Hall–Kier alpha value is 1.62. The molecule has 0 aliphatic carbocycles. The highest BCUT2D eigenvalue weighted by atomic mass is 35.5. The minimum atomic E-state index is -5.16. The molecule has 4 unspecified atom stereocenters. The molecule has 18 heteroatoms. The Morgan fingerprint density at radius 2 is 0.577 bits per heavy atom. The topological polar surface area (TPSA) is 0 Å². The van der Waals surface area contributed by atoms with Crippen LogP contribution in [-0.4, -0.2) is 42.5 Å². The van der Waals surface area contributed by atoms with Gasteiger partial charge >= 0.3 is 31.8 Å². The lowest BCUT2D eigenvalue weighted by atomic mass is 10.2. The van der Waals surface area contributed by atoms with Gasteiger partial charge < -0.3 is 0 Å². The van der Waals surface area contributed by atoms with E-state index in [-0.39, 0.29) is 0 Å². The standard InChI is InChI=1S/C4Cl4F6.C4H2Cl4F4/c5-1(9,3(7,11)12)2(6,10)4(8,13)14;5-1(3(7,9)10)2(6)4(8,11)12/h;1-2H. The quantitative estimate of drug-likeness (QED) is 0.222. The zero-order chi connectivity index (χ0) is 22.2. The lowest BCUT2D eigenvalue weighted by Gasteiger charge is -2.34. The van der Waals surface area contributed by atoms with Crippen LogP contribution in [0.2, 0.25) is 0 Å². The maximum Gasteiger partial charge on any atom is 0.373 e. The second-order valence-electron chi connectivity index (χ2n) is 4.03. The predicted molar refractivity (Wildman–Crippen MR) is 81.9 cm³/mol. The Kier molecular flexibility index (Phi) is 10.5. The molecule has 26 heavy (non-hydrogen) atoms. The fourth-order valence-corrected chi connectivity index (χ4v) is 1.98. The van der Waals surface area contributed by atoms with Crippen molar-refractivity contribution in [3.63, 3.8) is 0 Å². The van der Waals surface area contributed by atoms with Crippen molar-refractivity contribution in [3.05, 3.63) is 0 Å². The molecule has 0 saturated heterocycles. The van der Waals surface area contributed by atoms with Gasteiger partial charge in [0.2, 0.25) is 0 Å². The van der Waals surface area contributed by atoms with Gasteiger partial charge in [0, 0.05) is 0 Å². The van der Waals surface area contributed by atoms with E-state index in [9.17, 15) is 43.9 Å². The second-order valence-corrected chi connectivity index (χ2v) is 7.97. The van der Waals surface area contributed by atoms with Crippen LogP contribution in [0.5, 0.6) is 0 Å². The molecular weight excluding hydrogens is 570 g/mol. The highest BCUT2D eigenvalue weighted by molar-refractivity contribution is 6.41. The van der Waals surface area contributed by atoms with E-state index in [1.54, 1.807) is 0 Å². The van der Waals surface area contributed by atoms with Crippen molar-refractivity contribution in [3.8, 4) is 0 Å². The van der Waals surface area contributed by atoms with Gasteiger partial charge in [0.15, 0.2) is 0 Å². The molecule has 0 N–H and O–H groups in total. The fraction of sp³-hybridized carbons (Fsp3) is 1.00. The molecule has 0 nitrogen and oxygen atoms in total. The minimum absolute atomic E-state index is 2.44. The summed E-state index contributed by atoms with van der Waals surface area (Å²) < 4.78 is 122. The molecule has 0 spiro atoms. The fourth-order valence-electron chi connectivity index (χ4n) is 0.688. The zero-order valence-corrected chi connectivity index (χ0v) is 17.0. The van der Waals surface area contributed by atoms with Crippen LogP contribution in [0.1, 0.15) is 0 Å². The summed E-state index contributed by atoms with van der Waals surface area (Å²) in [5, 5.41) is -33.4. The Morgan fingerprint density at radius 1 is 0.423 bits per heavy atom. The van der Waals surface area contributed by atoms with E-state index in [4.69, 9.17) is 23.2 Å². The van der Waals surface area contributed by atoms with Gasteiger partial charge in [0.05, 0.1) is 0 Å². The largest absolute Gasteiger partial charge is 0.373 e. The molecule has 160 valence electrons. The number of hydrogen-bond acceptors (Lipinski definition) is 0. The monoisotopic (exact) mass is 568 g/mol. The summed E-state index contributed by atoms with van der Waals surface area (Å²) in [6.07, 6.45) is 0. The average molecular weight is 572 g/mol. The molecule has 4 atom stereocenters. The van der Waals surface area contributed by atoms with E-state index >= 15 is 0 Å². The molecule has 0 bridgehead atoms. The zero-order valence-electron chi connectivity index (χ0n) is 11.0. The minimum Gasteiger partial charge on any atom is -0.212 e. The van der Waals surface area contributed by atoms with Crippen LogP contribution in [0.25, 0.3) is 0 Å². The molecular formula is C8H2Cl8F10. The van der Waals surface area contributed by atoms with E-state index in [1.165, 1.54) is 0 Å². The first-order chi connectivity index (χ1) is 10.8. The van der Waals surface area contributed by atoms with E-state index < -0.39 is 42.5 Å². The molecule has 0 amide bonds. The van der Waals surface area contributed by atoms with Gasteiger partial charge in [-0.25, -0.2) is 8.78 Å². The van der Waals surface area contributed by atoms with Crippen LogP contribution in [0.3, 0.4) is 0 Å². The van der Waals surface area contributed by atoms with Crippen LogP contribution >= 0.6 is 92.8 Å². The van der Waals surface area contributed by atoms with Gasteiger partial charge in [-0.1, -0.05) is 23.2 Å². The van der Waals surface area contributed by atoms with Crippen molar-refractivity contribution >= 4 is 92.8 Å². The lowest BCUT2D eigenvalue weighted by molar-refractivity contribution is -0.140. The van der Waals surface area contributed by atoms with Gasteiger partial charge in [-0.05, 0) is 46.4 Å². The Bertz CT molecular complexity index is 406. The molecule has 0 saturated carbocycles. The average Bonchev–Trinajstić information content (AvgIpc) is 2.32. The number of rotatable bonds is 6. The van der Waals surface area contributed by atoms with Crippen LogP contribution in [-0.2, 0) is 0 Å². The lowest BCUT2D eigenvalue weighted by Crippen LogP contribution is -2.57. The summed E-state index contributed by atoms with van der Waals surface area (Å²) in [5.41, 5.74) is 0. The van der Waals surface area contributed by atoms with Gasteiger partial charge in [0.1, 0.15) is 10.8 Å². The summed E-state index contributed by atoms with van der Waals surface area (Å²) in [6, 6.07) is 0. The molecule has 0 heterocycles. The highest BCUT2D eigenvalue weighted by Gasteiger charge is 2.76. The van der Waals surface area contributed by atoms with Gasteiger partial charge in [-0.15, -0.1) is 23.2 Å². The first kappa shape index (κ1) is 29.8. The molecule has 0 aromatic carbocycles. The molecule has 0 rings (SSSR count). The molecule has 0 aromatic heterocycles. The van der Waals surface area contributed by atoms with Gasteiger partial charge in [-0.2, -0.15) is 35.1 Å². The third-order valence-corrected chi connectivity index (χ3v) is 5.67. The number of hydrogen-bond donors (Lipinski definition) is 0. The molecule has 0 aromatic rings. The smallest absolute Gasteiger partial charge is 0.212 e. The van der Waals surface area contributed by atoms with Gasteiger partial charge in [-0.3, -0.25) is 0 Å². The Morgan fingerprint density at radius 3 is 0.654 bits per heavy atom. The maximum absolute atomic E-state index is 12.7. The van der Waals surface area contributed by atoms with Crippen molar-refractivity contribution in [2.24, 2.45) is 0 Å². The first-order valence-electron chi connectivity index (χ1n) is 5.12. The normalized spacial score (nSPS) is 21.0. The van der Waals surface area contributed by atoms with E-state index in [0.29, 0.717) is 0 Å². The Balaban J connectivity index is 0. The van der Waals surface area contributed by atoms with Crippen molar-refractivity contribution in [2.75, 3.05) is 0 Å².